The topological polar surface area (TPSA) is 75.7 Å². The lowest BCUT2D eigenvalue weighted by Gasteiger charge is -2.33. The summed E-state index contributed by atoms with van der Waals surface area (Å²) >= 11 is 5.96. The molecule has 2 aromatic carbocycles. The summed E-state index contributed by atoms with van der Waals surface area (Å²) in [6.45, 7) is 5.45. The van der Waals surface area contributed by atoms with Crippen molar-refractivity contribution >= 4 is 38.9 Å². The highest BCUT2D eigenvalue weighted by Crippen LogP contribution is 2.36. The van der Waals surface area contributed by atoms with Crippen LogP contribution in [0, 0.1) is 6.92 Å². The molecule has 26 heavy (non-hydrogen) atoms. The molecule has 1 unspecified atom stereocenters. The highest BCUT2D eigenvalue weighted by atomic mass is 35.5. The molecule has 1 heterocycles. The number of benzene rings is 2. The maximum Gasteiger partial charge on any atom is 0.261 e. The molecule has 1 aliphatic heterocycles. The van der Waals surface area contributed by atoms with Crippen LogP contribution in [-0.4, -0.2) is 27.0 Å². The fourth-order valence-electron chi connectivity index (χ4n) is 2.79. The van der Waals surface area contributed by atoms with Gasteiger partial charge in [0.2, 0.25) is 5.91 Å². The summed E-state index contributed by atoms with van der Waals surface area (Å²) in [4.78, 5) is 13.5. The second kappa shape index (κ2) is 6.81. The largest absolute Gasteiger partial charge is 0.487 e. The number of carbonyl (C=O) groups excluding carboxylic acids is 1. The van der Waals surface area contributed by atoms with E-state index in [1.807, 2.05) is 6.92 Å². The Morgan fingerprint density at radius 1 is 1.27 bits per heavy atom. The van der Waals surface area contributed by atoms with Gasteiger partial charge in [-0.05, 0) is 49.7 Å². The minimum atomic E-state index is -3.85. The zero-order valence-corrected chi connectivity index (χ0v) is 16.2. The molecule has 1 N–H and O–H groups in total. The van der Waals surface area contributed by atoms with Crippen LogP contribution in [0.25, 0.3) is 0 Å². The average Bonchev–Trinajstić information content (AvgIpc) is 2.56. The molecule has 1 amide bonds. The predicted octanol–water partition coefficient (Wildman–Crippen LogP) is 3.58. The van der Waals surface area contributed by atoms with Crippen LogP contribution in [0.15, 0.2) is 41.3 Å². The van der Waals surface area contributed by atoms with Gasteiger partial charge in [0.15, 0.2) is 0 Å². The second-order valence-corrected chi connectivity index (χ2v) is 8.37. The summed E-state index contributed by atoms with van der Waals surface area (Å²) in [6.07, 6.45) is -0.166. The number of nitrogens with zero attached hydrogens (tertiary/aromatic N) is 1. The number of hydrogen-bond acceptors (Lipinski definition) is 4. The van der Waals surface area contributed by atoms with Crippen LogP contribution >= 0.6 is 11.6 Å². The Morgan fingerprint density at radius 2 is 2.00 bits per heavy atom. The van der Waals surface area contributed by atoms with Gasteiger partial charge in [0.05, 0.1) is 22.8 Å². The number of rotatable bonds is 3. The molecule has 1 aliphatic rings. The van der Waals surface area contributed by atoms with Crippen molar-refractivity contribution in [2.45, 2.75) is 31.8 Å². The van der Waals surface area contributed by atoms with Crippen molar-refractivity contribution < 1.29 is 17.9 Å². The van der Waals surface area contributed by atoms with Crippen molar-refractivity contribution in [2.24, 2.45) is 0 Å². The Kier molecular flexibility index (Phi) is 4.86. The first-order valence-electron chi connectivity index (χ1n) is 8.05. The van der Waals surface area contributed by atoms with Crippen LogP contribution in [0.1, 0.15) is 19.4 Å². The van der Waals surface area contributed by atoms with Crippen molar-refractivity contribution in [3.63, 3.8) is 0 Å². The number of ether oxygens (including phenoxy) is 1. The van der Waals surface area contributed by atoms with Gasteiger partial charge >= 0.3 is 0 Å². The summed E-state index contributed by atoms with van der Waals surface area (Å²) in [5.74, 6) is 0.312. The highest BCUT2D eigenvalue weighted by Gasteiger charge is 2.28. The monoisotopic (exact) mass is 394 g/mol. The van der Waals surface area contributed by atoms with E-state index in [2.05, 4.69) is 4.72 Å². The molecule has 0 aliphatic carbocycles. The second-order valence-electron chi connectivity index (χ2n) is 6.25. The van der Waals surface area contributed by atoms with Crippen molar-refractivity contribution in [1.29, 1.82) is 0 Å². The van der Waals surface area contributed by atoms with E-state index >= 15 is 0 Å². The number of fused-ring (bicyclic) bond motifs is 1. The van der Waals surface area contributed by atoms with Gasteiger partial charge in [-0.15, -0.1) is 0 Å². The number of halogens is 1. The molecule has 3 rings (SSSR count). The number of sulfonamides is 1. The predicted molar refractivity (Wildman–Crippen MR) is 102 cm³/mol. The van der Waals surface area contributed by atoms with Gasteiger partial charge in [0.25, 0.3) is 10.0 Å². The lowest BCUT2D eigenvalue weighted by molar-refractivity contribution is -0.117. The molecule has 0 bridgehead atoms. The third kappa shape index (κ3) is 3.64. The summed E-state index contributed by atoms with van der Waals surface area (Å²) in [5.41, 5.74) is 1.60. The first kappa shape index (κ1) is 18.5. The minimum Gasteiger partial charge on any atom is -0.487 e. The molecular formula is C18H19ClN2O4S. The smallest absolute Gasteiger partial charge is 0.261 e. The Labute approximate surface area is 157 Å². The Morgan fingerprint density at radius 3 is 2.69 bits per heavy atom. The first-order chi connectivity index (χ1) is 12.2. The lowest BCUT2D eigenvalue weighted by atomic mass is 10.2. The molecule has 8 heteroatoms. The van der Waals surface area contributed by atoms with Crippen LogP contribution in [0.4, 0.5) is 11.4 Å². The van der Waals surface area contributed by atoms with Crippen LogP contribution in [-0.2, 0) is 14.8 Å². The van der Waals surface area contributed by atoms with E-state index in [9.17, 15) is 13.2 Å². The summed E-state index contributed by atoms with van der Waals surface area (Å²) in [7, 11) is -3.85. The van der Waals surface area contributed by atoms with E-state index in [0.29, 0.717) is 28.7 Å². The Hall–Kier alpha value is -2.25. The number of hydrogen-bond donors (Lipinski definition) is 1. The van der Waals surface area contributed by atoms with Crippen LogP contribution < -0.4 is 14.4 Å². The highest BCUT2D eigenvalue weighted by molar-refractivity contribution is 7.92. The first-order valence-corrected chi connectivity index (χ1v) is 9.91. The van der Waals surface area contributed by atoms with Crippen molar-refractivity contribution in [1.82, 2.24) is 0 Å². The standard InChI is InChI=1S/C18H19ClN2O4S/c1-11-4-5-14(19)8-16(11)20-26(23,24)15-6-7-18-17(9-15)21(13(3)22)10-12(2)25-18/h4-9,12,20H,10H2,1-3H3. The quantitative estimate of drug-likeness (QED) is 0.863. The molecule has 0 saturated carbocycles. The summed E-state index contributed by atoms with van der Waals surface area (Å²) in [5, 5.41) is 0.434. The summed E-state index contributed by atoms with van der Waals surface area (Å²) < 4.78 is 33.8. The number of aryl methyl sites for hydroxylation is 1. The van der Waals surface area contributed by atoms with Crippen molar-refractivity contribution in [3.05, 3.63) is 47.0 Å². The van der Waals surface area contributed by atoms with E-state index in [4.69, 9.17) is 16.3 Å². The maximum atomic E-state index is 12.8. The van der Waals surface area contributed by atoms with E-state index in [0.717, 1.165) is 5.56 Å². The number of anilines is 2. The van der Waals surface area contributed by atoms with Gasteiger partial charge in [-0.25, -0.2) is 8.42 Å². The van der Waals surface area contributed by atoms with Gasteiger partial charge in [-0.3, -0.25) is 9.52 Å². The number of amides is 1. The SMILES string of the molecule is CC(=O)N1CC(C)Oc2ccc(S(=O)(=O)Nc3cc(Cl)ccc3C)cc21. The third-order valence-corrected chi connectivity index (χ3v) is 5.72. The zero-order chi connectivity index (χ0) is 19.1. The van der Waals surface area contributed by atoms with E-state index in [1.165, 1.54) is 24.0 Å². The van der Waals surface area contributed by atoms with Crippen molar-refractivity contribution in [2.75, 3.05) is 16.2 Å². The minimum absolute atomic E-state index is 0.0417. The molecule has 1 atom stereocenters. The van der Waals surface area contributed by atoms with Crippen LogP contribution in [0.2, 0.25) is 5.02 Å². The average molecular weight is 395 g/mol. The number of nitrogens with one attached hydrogen (secondary N) is 1. The van der Waals surface area contributed by atoms with Crippen LogP contribution in [0.3, 0.4) is 0 Å². The summed E-state index contributed by atoms with van der Waals surface area (Å²) in [6, 6.07) is 9.46. The van der Waals surface area contributed by atoms with Gasteiger partial charge in [0.1, 0.15) is 11.9 Å². The van der Waals surface area contributed by atoms with Crippen LogP contribution in [0.5, 0.6) is 5.75 Å². The lowest BCUT2D eigenvalue weighted by Crippen LogP contribution is -2.41. The molecular weight excluding hydrogens is 376 g/mol. The molecule has 6 nitrogen and oxygen atoms in total. The molecule has 138 valence electrons. The van der Waals surface area contributed by atoms with Crippen molar-refractivity contribution in [3.8, 4) is 5.75 Å². The van der Waals surface area contributed by atoms with E-state index in [1.54, 1.807) is 31.2 Å². The normalized spacial score (nSPS) is 16.6. The molecule has 2 aromatic rings. The zero-order valence-electron chi connectivity index (χ0n) is 14.6. The molecule has 0 spiro atoms. The Balaban J connectivity index is 2.00. The Bertz CT molecular complexity index is 975. The molecule has 0 radical (unpaired) electrons. The van der Waals surface area contributed by atoms with Gasteiger partial charge in [-0.2, -0.15) is 0 Å². The third-order valence-electron chi connectivity index (χ3n) is 4.12. The maximum absolute atomic E-state index is 12.8. The molecule has 0 saturated heterocycles. The van der Waals surface area contributed by atoms with E-state index in [-0.39, 0.29) is 16.9 Å². The fourth-order valence-corrected chi connectivity index (χ4v) is 4.10. The molecule has 0 aromatic heterocycles. The number of carbonyl (C=O) groups is 1. The van der Waals surface area contributed by atoms with Gasteiger partial charge < -0.3 is 9.64 Å². The fraction of sp³-hybridized carbons (Fsp3) is 0.278. The van der Waals surface area contributed by atoms with Gasteiger partial charge in [-0.1, -0.05) is 17.7 Å². The molecule has 0 fully saturated rings. The van der Waals surface area contributed by atoms with Gasteiger partial charge in [0, 0.05) is 11.9 Å². The van der Waals surface area contributed by atoms with E-state index < -0.39 is 10.0 Å².